The van der Waals surface area contributed by atoms with Crippen molar-refractivity contribution in [2.45, 2.75) is 13.8 Å². The van der Waals surface area contributed by atoms with E-state index >= 15 is 0 Å². The molecule has 2 nitrogen and oxygen atoms in total. The zero-order valence-electron chi connectivity index (χ0n) is 10.3. The molecule has 1 aromatic carbocycles. The number of hydrogen-bond donors (Lipinski definition) is 0. The van der Waals surface area contributed by atoms with E-state index in [1.807, 2.05) is 18.2 Å². The van der Waals surface area contributed by atoms with Gasteiger partial charge in [-0.15, -0.1) is 0 Å². The van der Waals surface area contributed by atoms with Gasteiger partial charge in [-0.1, -0.05) is 41.4 Å². The lowest BCUT2D eigenvalue weighted by Crippen LogP contribution is -1.93. The van der Waals surface area contributed by atoms with E-state index in [9.17, 15) is 0 Å². The monoisotopic (exact) mass is 256 g/mol. The Kier molecular flexibility index (Phi) is 2.60. The molecule has 0 N–H and O–H groups in total. The molecule has 2 aromatic heterocycles. The van der Waals surface area contributed by atoms with Crippen molar-refractivity contribution in [1.29, 1.82) is 0 Å². The van der Waals surface area contributed by atoms with E-state index in [2.05, 4.69) is 47.5 Å². The third-order valence-corrected chi connectivity index (χ3v) is 3.37. The number of aryl methyl sites for hydroxylation is 2. The van der Waals surface area contributed by atoms with Crippen LogP contribution in [0.4, 0.5) is 0 Å². The standard InChI is InChI=1S/C15H13ClN2/c1-10-5-3-7-12(9-10)15-17-14(16)13-8-4-6-11(2)18(13)15/h3-9H,1-2H3. The predicted molar refractivity (Wildman–Crippen MR) is 75.1 cm³/mol. The van der Waals surface area contributed by atoms with Gasteiger partial charge >= 0.3 is 0 Å². The van der Waals surface area contributed by atoms with Gasteiger partial charge in [-0.2, -0.15) is 0 Å². The smallest absolute Gasteiger partial charge is 0.155 e. The second kappa shape index (κ2) is 4.14. The fourth-order valence-corrected chi connectivity index (χ4v) is 2.47. The van der Waals surface area contributed by atoms with Gasteiger partial charge in [0.15, 0.2) is 5.15 Å². The lowest BCUT2D eigenvalue weighted by atomic mass is 10.1. The molecule has 90 valence electrons. The van der Waals surface area contributed by atoms with Crippen LogP contribution in [-0.4, -0.2) is 9.38 Å². The largest absolute Gasteiger partial charge is 0.295 e. The van der Waals surface area contributed by atoms with Crippen LogP contribution < -0.4 is 0 Å². The van der Waals surface area contributed by atoms with E-state index < -0.39 is 0 Å². The summed E-state index contributed by atoms with van der Waals surface area (Å²) in [6.07, 6.45) is 0. The van der Waals surface area contributed by atoms with E-state index in [0.717, 1.165) is 22.6 Å². The first-order valence-electron chi connectivity index (χ1n) is 5.87. The molecule has 0 unspecified atom stereocenters. The van der Waals surface area contributed by atoms with E-state index in [-0.39, 0.29) is 0 Å². The van der Waals surface area contributed by atoms with Crippen molar-refractivity contribution in [2.24, 2.45) is 0 Å². The van der Waals surface area contributed by atoms with Crippen LogP contribution in [-0.2, 0) is 0 Å². The van der Waals surface area contributed by atoms with Crippen LogP contribution in [0.3, 0.4) is 0 Å². The molecule has 0 aliphatic carbocycles. The molecule has 0 amide bonds. The van der Waals surface area contributed by atoms with Crippen molar-refractivity contribution in [3.05, 3.63) is 58.9 Å². The molecule has 0 spiro atoms. The maximum atomic E-state index is 6.21. The van der Waals surface area contributed by atoms with Crippen molar-refractivity contribution >= 4 is 17.1 Å². The molecular formula is C15H13ClN2. The lowest BCUT2D eigenvalue weighted by molar-refractivity contribution is 1.08. The topological polar surface area (TPSA) is 17.3 Å². The number of aromatic nitrogens is 2. The Morgan fingerprint density at radius 3 is 2.61 bits per heavy atom. The number of pyridine rings is 1. The van der Waals surface area contributed by atoms with Crippen molar-refractivity contribution < 1.29 is 0 Å². The summed E-state index contributed by atoms with van der Waals surface area (Å²) in [6, 6.07) is 14.3. The summed E-state index contributed by atoms with van der Waals surface area (Å²) in [7, 11) is 0. The molecule has 0 saturated heterocycles. The van der Waals surface area contributed by atoms with Crippen molar-refractivity contribution in [2.75, 3.05) is 0 Å². The maximum Gasteiger partial charge on any atom is 0.155 e. The first-order chi connectivity index (χ1) is 8.66. The fraction of sp³-hybridized carbons (Fsp3) is 0.133. The Morgan fingerprint density at radius 2 is 1.83 bits per heavy atom. The van der Waals surface area contributed by atoms with Gasteiger partial charge < -0.3 is 0 Å². The first-order valence-corrected chi connectivity index (χ1v) is 6.25. The van der Waals surface area contributed by atoms with Gasteiger partial charge in [-0.05, 0) is 32.0 Å². The molecule has 3 rings (SSSR count). The van der Waals surface area contributed by atoms with E-state index in [0.29, 0.717) is 5.15 Å². The average molecular weight is 257 g/mol. The van der Waals surface area contributed by atoms with Crippen molar-refractivity contribution in [3.63, 3.8) is 0 Å². The van der Waals surface area contributed by atoms with Crippen LogP contribution in [0, 0.1) is 13.8 Å². The molecule has 0 atom stereocenters. The number of rotatable bonds is 1. The third-order valence-electron chi connectivity index (χ3n) is 3.09. The van der Waals surface area contributed by atoms with E-state index in [4.69, 9.17) is 11.6 Å². The SMILES string of the molecule is Cc1cccc(-c2nc(Cl)c3cccc(C)n23)c1. The average Bonchev–Trinajstić information content (AvgIpc) is 2.69. The molecule has 0 bridgehead atoms. The predicted octanol–water partition coefficient (Wildman–Crippen LogP) is 4.27. The molecule has 3 heteroatoms. The number of hydrogen-bond acceptors (Lipinski definition) is 1. The summed E-state index contributed by atoms with van der Waals surface area (Å²) in [5, 5.41) is 0.551. The summed E-state index contributed by atoms with van der Waals surface area (Å²) in [5.74, 6) is 0.900. The number of imidazole rings is 1. The van der Waals surface area contributed by atoms with Crippen molar-refractivity contribution in [3.8, 4) is 11.4 Å². The fourth-order valence-electron chi connectivity index (χ4n) is 2.24. The third kappa shape index (κ3) is 1.70. The number of halogens is 1. The molecule has 18 heavy (non-hydrogen) atoms. The molecular weight excluding hydrogens is 244 g/mol. The van der Waals surface area contributed by atoms with Crippen LogP contribution >= 0.6 is 11.6 Å². The Labute approximate surface area is 111 Å². The minimum atomic E-state index is 0.551. The zero-order valence-corrected chi connectivity index (χ0v) is 11.1. The molecule has 2 heterocycles. The summed E-state index contributed by atoms with van der Waals surface area (Å²) in [4.78, 5) is 4.49. The second-order valence-corrected chi connectivity index (χ2v) is 4.84. The molecule has 0 aliphatic heterocycles. The normalized spacial score (nSPS) is 11.1. The number of benzene rings is 1. The van der Waals surface area contributed by atoms with Gasteiger partial charge in [-0.3, -0.25) is 4.40 Å². The molecule has 0 fully saturated rings. The zero-order chi connectivity index (χ0) is 12.7. The van der Waals surface area contributed by atoms with Crippen LogP contribution in [0.1, 0.15) is 11.3 Å². The maximum absolute atomic E-state index is 6.21. The highest BCUT2D eigenvalue weighted by molar-refractivity contribution is 6.32. The Balaban J connectivity index is 2.36. The minimum Gasteiger partial charge on any atom is -0.295 e. The lowest BCUT2D eigenvalue weighted by Gasteiger charge is -2.05. The summed E-state index contributed by atoms with van der Waals surface area (Å²) >= 11 is 6.21. The first kappa shape index (κ1) is 11.3. The molecule has 0 saturated carbocycles. The summed E-state index contributed by atoms with van der Waals surface area (Å²) < 4.78 is 2.09. The van der Waals surface area contributed by atoms with Crippen LogP contribution in [0.15, 0.2) is 42.5 Å². The van der Waals surface area contributed by atoms with Gasteiger partial charge in [-0.25, -0.2) is 4.98 Å². The summed E-state index contributed by atoms with van der Waals surface area (Å²) in [6.45, 7) is 4.14. The van der Waals surface area contributed by atoms with Crippen LogP contribution in [0.25, 0.3) is 16.9 Å². The van der Waals surface area contributed by atoms with Crippen LogP contribution in [0.5, 0.6) is 0 Å². The Hall–Kier alpha value is -1.80. The van der Waals surface area contributed by atoms with Crippen molar-refractivity contribution in [1.82, 2.24) is 9.38 Å². The molecule has 0 radical (unpaired) electrons. The van der Waals surface area contributed by atoms with E-state index in [1.54, 1.807) is 0 Å². The van der Waals surface area contributed by atoms with Gasteiger partial charge in [0.05, 0.1) is 5.52 Å². The van der Waals surface area contributed by atoms with Gasteiger partial charge in [0, 0.05) is 11.3 Å². The van der Waals surface area contributed by atoms with Crippen LogP contribution in [0.2, 0.25) is 5.15 Å². The Morgan fingerprint density at radius 1 is 1.06 bits per heavy atom. The highest BCUT2D eigenvalue weighted by Crippen LogP contribution is 2.27. The number of fused-ring (bicyclic) bond motifs is 1. The molecule has 0 aliphatic rings. The second-order valence-electron chi connectivity index (χ2n) is 4.48. The highest BCUT2D eigenvalue weighted by atomic mass is 35.5. The highest BCUT2D eigenvalue weighted by Gasteiger charge is 2.12. The van der Waals surface area contributed by atoms with E-state index in [1.165, 1.54) is 5.56 Å². The molecule has 3 aromatic rings. The minimum absolute atomic E-state index is 0.551. The Bertz CT molecular complexity index is 728. The van der Waals surface area contributed by atoms with Gasteiger partial charge in [0.1, 0.15) is 5.82 Å². The van der Waals surface area contributed by atoms with Gasteiger partial charge in [0.2, 0.25) is 0 Å². The quantitative estimate of drug-likeness (QED) is 0.636. The van der Waals surface area contributed by atoms with Gasteiger partial charge in [0.25, 0.3) is 0 Å². The summed E-state index contributed by atoms with van der Waals surface area (Å²) in [5.41, 5.74) is 4.39. The number of nitrogens with zero attached hydrogens (tertiary/aromatic N) is 2.